The Hall–Kier alpha value is -2.57. The lowest BCUT2D eigenvalue weighted by atomic mass is 10.2. The standard InChI is InChI=1S/C12H14N4O3/c1-8-6-15-11(19-8)7-14-10-5-3-4-9(13-2)12(10)16(17)18/h3-6,13-14H,7H2,1-2H3. The van der Waals surface area contributed by atoms with Crippen LogP contribution in [0.25, 0.3) is 0 Å². The van der Waals surface area contributed by atoms with Crippen LogP contribution in [0.2, 0.25) is 0 Å². The summed E-state index contributed by atoms with van der Waals surface area (Å²) < 4.78 is 5.30. The van der Waals surface area contributed by atoms with Gasteiger partial charge in [-0.2, -0.15) is 0 Å². The van der Waals surface area contributed by atoms with Gasteiger partial charge < -0.3 is 15.1 Å². The van der Waals surface area contributed by atoms with Crippen LogP contribution in [0.3, 0.4) is 0 Å². The third-order valence-corrected chi connectivity index (χ3v) is 2.59. The van der Waals surface area contributed by atoms with Crippen LogP contribution >= 0.6 is 0 Å². The number of nitrogens with zero attached hydrogens (tertiary/aromatic N) is 2. The van der Waals surface area contributed by atoms with E-state index in [4.69, 9.17) is 4.42 Å². The molecule has 0 radical (unpaired) electrons. The number of hydrogen-bond acceptors (Lipinski definition) is 6. The second-order valence-electron chi connectivity index (χ2n) is 3.93. The van der Waals surface area contributed by atoms with Crippen molar-refractivity contribution < 1.29 is 9.34 Å². The maximum Gasteiger partial charge on any atom is 0.315 e. The topological polar surface area (TPSA) is 93.2 Å². The molecule has 2 aromatic rings. The van der Waals surface area contributed by atoms with Crippen molar-refractivity contribution in [3.63, 3.8) is 0 Å². The zero-order valence-corrected chi connectivity index (χ0v) is 10.6. The number of nitrogens with one attached hydrogen (secondary N) is 2. The second-order valence-corrected chi connectivity index (χ2v) is 3.93. The predicted molar refractivity (Wildman–Crippen MR) is 71.2 cm³/mol. The molecule has 1 aromatic carbocycles. The average molecular weight is 262 g/mol. The van der Waals surface area contributed by atoms with Crippen molar-refractivity contribution >= 4 is 17.1 Å². The van der Waals surface area contributed by atoms with Gasteiger partial charge in [0, 0.05) is 7.05 Å². The number of nitro groups is 1. The number of hydrogen-bond donors (Lipinski definition) is 2. The number of nitro benzene ring substituents is 1. The summed E-state index contributed by atoms with van der Waals surface area (Å²) in [4.78, 5) is 14.7. The van der Waals surface area contributed by atoms with E-state index in [-0.39, 0.29) is 5.69 Å². The van der Waals surface area contributed by atoms with Crippen LogP contribution in [0.15, 0.2) is 28.8 Å². The first-order chi connectivity index (χ1) is 9.11. The van der Waals surface area contributed by atoms with Crippen LogP contribution in [-0.4, -0.2) is 17.0 Å². The van der Waals surface area contributed by atoms with Crippen molar-refractivity contribution in [3.8, 4) is 0 Å². The normalized spacial score (nSPS) is 10.2. The maximum absolute atomic E-state index is 11.1. The van der Waals surface area contributed by atoms with Gasteiger partial charge in [0.1, 0.15) is 17.1 Å². The van der Waals surface area contributed by atoms with Gasteiger partial charge in [0.05, 0.1) is 17.7 Å². The minimum absolute atomic E-state index is 0.00766. The summed E-state index contributed by atoms with van der Waals surface area (Å²) in [6.07, 6.45) is 1.61. The molecule has 0 bridgehead atoms. The minimum atomic E-state index is -0.422. The Morgan fingerprint density at radius 2 is 2.16 bits per heavy atom. The van der Waals surface area contributed by atoms with Gasteiger partial charge in [0.2, 0.25) is 5.89 Å². The molecule has 7 nitrogen and oxygen atoms in total. The summed E-state index contributed by atoms with van der Waals surface area (Å²) in [5.74, 6) is 1.19. The quantitative estimate of drug-likeness (QED) is 0.635. The lowest BCUT2D eigenvalue weighted by molar-refractivity contribution is -0.383. The van der Waals surface area contributed by atoms with Crippen molar-refractivity contribution in [2.24, 2.45) is 0 Å². The minimum Gasteiger partial charge on any atom is -0.444 e. The third kappa shape index (κ3) is 2.82. The Morgan fingerprint density at radius 3 is 2.74 bits per heavy atom. The van der Waals surface area contributed by atoms with E-state index in [1.807, 2.05) is 0 Å². The molecule has 19 heavy (non-hydrogen) atoms. The fourth-order valence-corrected chi connectivity index (χ4v) is 1.74. The highest BCUT2D eigenvalue weighted by atomic mass is 16.6. The van der Waals surface area contributed by atoms with Crippen molar-refractivity contribution in [3.05, 3.63) is 46.2 Å². The van der Waals surface area contributed by atoms with Gasteiger partial charge >= 0.3 is 5.69 Å². The number of para-hydroxylation sites is 1. The van der Waals surface area contributed by atoms with Crippen LogP contribution in [0.4, 0.5) is 17.1 Å². The Morgan fingerprint density at radius 1 is 1.42 bits per heavy atom. The molecule has 0 unspecified atom stereocenters. The number of anilines is 2. The smallest absolute Gasteiger partial charge is 0.315 e. The Bertz CT molecular complexity index is 594. The van der Waals surface area contributed by atoms with Gasteiger partial charge in [-0.05, 0) is 19.1 Å². The van der Waals surface area contributed by atoms with Crippen LogP contribution in [0.1, 0.15) is 11.7 Å². The monoisotopic (exact) mass is 262 g/mol. The highest BCUT2D eigenvalue weighted by molar-refractivity contribution is 5.75. The highest BCUT2D eigenvalue weighted by Gasteiger charge is 2.18. The molecule has 0 fully saturated rings. The van der Waals surface area contributed by atoms with Crippen LogP contribution < -0.4 is 10.6 Å². The third-order valence-electron chi connectivity index (χ3n) is 2.59. The number of aromatic nitrogens is 1. The fourth-order valence-electron chi connectivity index (χ4n) is 1.74. The van der Waals surface area contributed by atoms with E-state index in [9.17, 15) is 10.1 Å². The number of rotatable bonds is 5. The van der Waals surface area contributed by atoms with E-state index in [0.29, 0.717) is 29.6 Å². The maximum atomic E-state index is 11.1. The van der Waals surface area contributed by atoms with Crippen LogP contribution in [0.5, 0.6) is 0 Å². The summed E-state index contributed by atoms with van der Waals surface area (Å²) in [6.45, 7) is 2.09. The average Bonchev–Trinajstić information content (AvgIpc) is 2.81. The lowest BCUT2D eigenvalue weighted by Crippen LogP contribution is -2.05. The zero-order valence-electron chi connectivity index (χ0n) is 10.6. The van der Waals surface area contributed by atoms with E-state index in [0.717, 1.165) is 0 Å². The summed E-state index contributed by atoms with van der Waals surface area (Å²) in [7, 11) is 1.64. The zero-order chi connectivity index (χ0) is 13.8. The van der Waals surface area contributed by atoms with E-state index in [2.05, 4.69) is 15.6 Å². The van der Waals surface area contributed by atoms with Gasteiger partial charge in [0.15, 0.2) is 0 Å². The lowest BCUT2D eigenvalue weighted by Gasteiger charge is -2.08. The molecule has 1 heterocycles. The molecule has 0 aliphatic carbocycles. The second kappa shape index (κ2) is 5.38. The van der Waals surface area contributed by atoms with Crippen LogP contribution in [0, 0.1) is 17.0 Å². The van der Waals surface area contributed by atoms with Crippen molar-refractivity contribution in [2.45, 2.75) is 13.5 Å². The SMILES string of the molecule is CNc1cccc(NCc2ncc(C)o2)c1[N+](=O)[O-]. The fraction of sp³-hybridized carbons (Fsp3) is 0.250. The summed E-state index contributed by atoms with van der Waals surface area (Å²) in [5, 5.41) is 16.9. The highest BCUT2D eigenvalue weighted by Crippen LogP contribution is 2.32. The molecule has 0 amide bonds. The molecule has 0 aliphatic heterocycles. The van der Waals surface area contributed by atoms with E-state index < -0.39 is 4.92 Å². The molecule has 7 heteroatoms. The summed E-state index contributed by atoms with van der Waals surface area (Å²) >= 11 is 0. The molecule has 0 saturated heterocycles. The molecule has 1 aromatic heterocycles. The molecular weight excluding hydrogens is 248 g/mol. The first kappa shape index (κ1) is 12.9. The predicted octanol–water partition coefficient (Wildman–Crippen LogP) is 2.55. The summed E-state index contributed by atoms with van der Waals surface area (Å²) in [5.41, 5.74) is 0.888. The Kier molecular flexibility index (Phi) is 3.65. The number of benzene rings is 1. The number of oxazole rings is 1. The molecule has 100 valence electrons. The molecular formula is C12H14N4O3. The van der Waals surface area contributed by atoms with Crippen LogP contribution in [-0.2, 0) is 6.54 Å². The van der Waals surface area contributed by atoms with Crippen molar-refractivity contribution in [2.75, 3.05) is 17.7 Å². The molecule has 0 atom stereocenters. The first-order valence-corrected chi connectivity index (χ1v) is 5.72. The van der Waals surface area contributed by atoms with Gasteiger partial charge in [-0.25, -0.2) is 4.98 Å². The van der Waals surface area contributed by atoms with E-state index >= 15 is 0 Å². The van der Waals surface area contributed by atoms with Gasteiger partial charge in [0.25, 0.3) is 0 Å². The summed E-state index contributed by atoms with van der Waals surface area (Å²) in [6, 6.07) is 5.04. The van der Waals surface area contributed by atoms with E-state index in [1.165, 1.54) is 0 Å². The number of aryl methyl sites for hydroxylation is 1. The van der Waals surface area contributed by atoms with E-state index in [1.54, 1.807) is 38.4 Å². The van der Waals surface area contributed by atoms with Gasteiger partial charge in [-0.1, -0.05) is 6.07 Å². The van der Waals surface area contributed by atoms with Gasteiger partial charge in [-0.3, -0.25) is 10.1 Å². The Balaban J connectivity index is 2.22. The van der Waals surface area contributed by atoms with Crippen molar-refractivity contribution in [1.29, 1.82) is 0 Å². The molecule has 0 aliphatic rings. The Labute approximate surface area is 109 Å². The largest absolute Gasteiger partial charge is 0.444 e. The first-order valence-electron chi connectivity index (χ1n) is 5.72. The van der Waals surface area contributed by atoms with Gasteiger partial charge in [-0.15, -0.1) is 0 Å². The molecule has 0 saturated carbocycles. The molecule has 0 spiro atoms. The van der Waals surface area contributed by atoms with Crippen molar-refractivity contribution in [1.82, 2.24) is 4.98 Å². The molecule has 2 rings (SSSR count). The molecule has 2 N–H and O–H groups in total.